The molecule has 56 valence electrons. The summed E-state index contributed by atoms with van der Waals surface area (Å²) in [6.07, 6.45) is 1.59. The molecular formula is C7H6ClN3. The van der Waals surface area contributed by atoms with Crippen molar-refractivity contribution in [1.29, 1.82) is 0 Å². The number of aromatic nitrogens is 3. The molecule has 0 N–H and O–H groups in total. The molecule has 0 spiro atoms. The van der Waals surface area contributed by atoms with E-state index in [9.17, 15) is 0 Å². The second-order valence-corrected chi connectivity index (χ2v) is 2.80. The second-order valence-electron chi connectivity index (χ2n) is 2.41. The van der Waals surface area contributed by atoms with Crippen LogP contribution >= 0.6 is 11.6 Å². The molecule has 0 bridgehead atoms. The van der Waals surface area contributed by atoms with Crippen LogP contribution < -0.4 is 0 Å². The minimum absolute atomic E-state index is 0.644. The lowest BCUT2D eigenvalue weighted by Crippen LogP contribution is -1.85. The molecule has 2 heterocycles. The van der Waals surface area contributed by atoms with Gasteiger partial charge < -0.3 is 0 Å². The molecule has 2 rings (SSSR count). The van der Waals surface area contributed by atoms with E-state index in [0.717, 1.165) is 11.2 Å². The fourth-order valence-electron chi connectivity index (χ4n) is 1.01. The summed E-state index contributed by atoms with van der Waals surface area (Å²) in [7, 11) is 0. The zero-order chi connectivity index (χ0) is 7.84. The van der Waals surface area contributed by atoms with E-state index in [4.69, 9.17) is 11.6 Å². The van der Waals surface area contributed by atoms with E-state index >= 15 is 0 Å². The van der Waals surface area contributed by atoms with E-state index in [2.05, 4.69) is 10.2 Å². The van der Waals surface area contributed by atoms with Gasteiger partial charge >= 0.3 is 0 Å². The summed E-state index contributed by atoms with van der Waals surface area (Å²) < 4.78 is 1.73. The van der Waals surface area contributed by atoms with E-state index in [0.29, 0.717) is 5.15 Å². The summed E-state index contributed by atoms with van der Waals surface area (Å²) in [4.78, 5) is 0. The highest BCUT2D eigenvalue weighted by Crippen LogP contribution is 2.13. The molecule has 2 aromatic heterocycles. The topological polar surface area (TPSA) is 30.2 Å². The first-order valence-electron chi connectivity index (χ1n) is 3.23. The smallest absolute Gasteiger partial charge is 0.161 e. The molecule has 3 nitrogen and oxygen atoms in total. The SMILES string of the molecule is Cc1cc(Cl)n2cnnc2c1. The van der Waals surface area contributed by atoms with E-state index in [1.54, 1.807) is 10.7 Å². The zero-order valence-corrected chi connectivity index (χ0v) is 6.71. The van der Waals surface area contributed by atoms with Crippen LogP contribution in [0.15, 0.2) is 18.5 Å². The third kappa shape index (κ3) is 0.973. The normalized spacial score (nSPS) is 10.7. The second kappa shape index (κ2) is 2.20. The summed E-state index contributed by atoms with van der Waals surface area (Å²) >= 11 is 5.89. The number of pyridine rings is 1. The fraction of sp³-hybridized carbons (Fsp3) is 0.143. The molecule has 0 amide bonds. The summed E-state index contributed by atoms with van der Waals surface area (Å²) in [6.45, 7) is 1.97. The van der Waals surface area contributed by atoms with Crippen molar-refractivity contribution in [2.75, 3.05) is 0 Å². The quantitative estimate of drug-likeness (QED) is 0.559. The fourth-order valence-corrected chi connectivity index (χ4v) is 1.31. The maximum Gasteiger partial charge on any atom is 0.161 e. The maximum atomic E-state index is 5.89. The molecule has 0 aromatic carbocycles. The predicted molar refractivity (Wildman–Crippen MR) is 42.7 cm³/mol. The Morgan fingerprint density at radius 2 is 2.27 bits per heavy atom. The third-order valence-electron chi connectivity index (χ3n) is 1.51. The van der Waals surface area contributed by atoms with Gasteiger partial charge in [-0.2, -0.15) is 0 Å². The third-order valence-corrected chi connectivity index (χ3v) is 1.80. The van der Waals surface area contributed by atoms with Gasteiger partial charge in [0.2, 0.25) is 0 Å². The van der Waals surface area contributed by atoms with E-state index < -0.39 is 0 Å². The van der Waals surface area contributed by atoms with Crippen molar-refractivity contribution >= 4 is 17.2 Å². The van der Waals surface area contributed by atoms with Gasteiger partial charge in [-0.15, -0.1) is 10.2 Å². The lowest BCUT2D eigenvalue weighted by molar-refractivity contribution is 1.10. The number of aryl methyl sites for hydroxylation is 1. The first kappa shape index (κ1) is 6.61. The van der Waals surface area contributed by atoms with Crippen molar-refractivity contribution < 1.29 is 0 Å². The van der Waals surface area contributed by atoms with Gasteiger partial charge in [-0.1, -0.05) is 11.6 Å². The van der Waals surface area contributed by atoms with Crippen molar-refractivity contribution in [2.24, 2.45) is 0 Å². The Morgan fingerprint density at radius 3 is 3.09 bits per heavy atom. The van der Waals surface area contributed by atoms with Crippen LogP contribution in [-0.2, 0) is 0 Å². The molecule has 0 fully saturated rings. The molecule has 4 heteroatoms. The zero-order valence-electron chi connectivity index (χ0n) is 5.95. The average molecular weight is 168 g/mol. The number of rotatable bonds is 0. The number of halogens is 1. The summed E-state index contributed by atoms with van der Waals surface area (Å²) in [6, 6.07) is 3.80. The molecule has 0 aliphatic carbocycles. The van der Waals surface area contributed by atoms with Gasteiger partial charge in [-0.05, 0) is 24.6 Å². The standard InChI is InChI=1S/C7H6ClN3/c1-5-2-6(8)11-4-9-10-7(11)3-5/h2-4H,1H3. The van der Waals surface area contributed by atoms with Crippen molar-refractivity contribution in [3.05, 3.63) is 29.2 Å². The summed E-state index contributed by atoms with van der Waals surface area (Å²) in [5.74, 6) is 0. The molecule has 0 atom stereocenters. The largest absolute Gasteiger partial charge is 0.272 e. The van der Waals surface area contributed by atoms with Crippen molar-refractivity contribution in [3.8, 4) is 0 Å². The van der Waals surface area contributed by atoms with Gasteiger partial charge in [-0.3, -0.25) is 4.40 Å². The molecule has 11 heavy (non-hydrogen) atoms. The van der Waals surface area contributed by atoms with Gasteiger partial charge in [0.05, 0.1) is 0 Å². The highest BCUT2D eigenvalue weighted by Gasteiger charge is 1.99. The van der Waals surface area contributed by atoms with Crippen LogP contribution in [0.2, 0.25) is 5.15 Å². The lowest BCUT2D eigenvalue weighted by Gasteiger charge is -1.96. The predicted octanol–water partition coefficient (Wildman–Crippen LogP) is 1.69. The number of hydrogen-bond acceptors (Lipinski definition) is 2. The van der Waals surface area contributed by atoms with Crippen molar-refractivity contribution in [3.63, 3.8) is 0 Å². The molecule has 0 unspecified atom stereocenters. The maximum absolute atomic E-state index is 5.89. The lowest BCUT2D eigenvalue weighted by atomic mass is 10.3. The van der Waals surface area contributed by atoms with Gasteiger partial charge in [0, 0.05) is 0 Å². The Kier molecular flexibility index (Phi) is 1.32. The van der Waals surface area contributed by atoms with Crippen LogP contribution in [0.5, 0.6) is 0 Å². The number of hydrogen-bond donors (Lipinski definition) is 0. The Balaban J connectivity index is 2.91. The molecule has 0 aliphatic heterocycles. The van der Waals surface area contributed by atoms with Gasteiger partial charge in [0.15, 0.2) is 5.65 Å². The van der Waals surface area contributed by atoms with Crippen LogP contribution in [-0.4, -0.2) is 14.6 Å². The Labute approximate surface area is 68.6 Å². The Morgan fingerprint density at radius 1 is 1.45 bits per heavy atom. The van der Waals surface area contributed by atoms with Gasteiger partial charge in [-0.25, -0.2) is 0 Å². The summed E-state index contributed by atoms with van der Waals surface area (Å²) in [5, 5.41) is 8.24. The Bertz CT molecular complexity index is 393. The van der Waals surface area contributed by atoms with Crippen LogP contribution in [0.1, 0.15) is 5.56 Å². The Hall–Kier alpha value is -1.09. The molecule has 0 aliphatic rings. The van der Waals surface area contributed by atoms with Crippen LogP contribution in [0.25, 0.3) is 5.65 Å². The molecule has 0 saturated heterocycles. The van der Waals surface area contributed by atoms with E-state index in [-0.39, 0.29) is 0 Å². The van der Waals surface area contributed by atoms with Crippen molar-refractivity contribution in [1.82, 2.24) is 14.6 Å². The van der Waals surface area contributed by atoms with Crippen molar-refractivity contribution in [2.45, 2.75) is 6.92 Å². The molecule has 0 saturated carbocycles. The van der Waals surface area contributed by atoms with E-state index in [1.165, 1.54) is 0 Å². The van der Waals surface area contributed by atoms with E-state index in [1.807, 2.05) is 19.1 Å². The molecule has 0 radical (unpaired) electrons. The van der Waals surface area contributed by atoms with Gasteiger partial charge in [0.1, 0.15) is 11.5 Å². The average Bonchev–Trinajstić information content (AvgIpc) is 2.34. The van der Waals surface area contributed by atoms with Crippen LogP contribution in [0, 0.1) is 6.92 Å². The first-order chi connectivity index (χ1) is 5.27. The van der Waals surface area contributed by atoms with Gasteiger partial charge in [0.25, 0.3) is 0 Å². The molecule has 2 aromatic rings. The number of fused-ring (bicyclic) bond motifs is 1. The monoisotopic (exact) mass is 167 g/mol. The van der Waals surface area contributed by atoms with Crippen LogP contribution in [0.3, 0.4) is 0 Å². The highest BCUT2D eigenvalue weighted by molar-refractivity contribution is 6.29. The molecular weight excluding hydrogens is 162 g/mol. The minimum Gasteiger partial charge on any atom is -0.272 e. The summed E-state index contributed by atoms with van der Waals surface area (Å²) in [5.41, 5.74) is 1.88. The highest BCUT2D eigenvalue weighted by atomic mass is 35.5. The van der Waals surface area contributed by atoms with Crippen LogP contribution in [0.4, 0.5) is 0 Å². The number of nitrogens with zero attached hydrogens (tertiary/aromatic N) is 3. The minimum atomic E-state index is 0.644. The first-order valence-corrected chi connectivity index (χ1v) is 3.61.